The number of anilines is 1. The molecule has 1 atom stereocenters. The summed E-state index contributed by atoms with van der Waals surface area (Å²) in [6.07, 6.45) is 3.72. The minimum atomic E-state index is -0.732. The second-order valence-corrected chi connectivity index (χ2v) is 7.91. The van der Waals surface area contributed by atoms with Gasteiger partial charge < -0.3 is 15.4 Å². The molecule has 2 amide bonds. The molecule has 3 rings (SSSR count). The predicted octanol–water partition coefficient (Wildman–Crippen LogP) is 1.76. The molecule has 2 heterocycles. The van der Waals surface area contributed by atoms with E-state index in [1.165, 1.54) is 11.6 Å². The van der Waals surface area contributed by atoms with Gasteiger partial charge in [-0.3, -0.25) is 9.59 Å². The number of aryl methyl sites for hydroxylation is 3. The number of carbonyl (C=O) groups excluding carboxylic acids is 3. The van der Waals surface area contributed by atoms with Crippen LogP contribution in [0.1, 0.15) is 49.7 Å². The molecule has 0 bridgehead atoms. The van der Waals surface area contributed by atoms with Crippen molar-refractivity contribution in [2.75, 3.05) is 11.9 Å². The van der Waals surface area contributed by atoms with Crippen LogP contribution in [-0.4, -0.2) is 50.2 Å². The van der Waals surface area contributed by atoms with Gasteiger partial charge in [0.1, 0.15) is 11.9 Å². The van der Waals surface area contributed by atoms with Crippen molar-refractivity contribution in [3.05, 3.63) is 29.2 Å². The lowest BCUT2D eigenvalue weighted by Gasteiger charge is -2.22. The molecule has 2 aromatic rings. The summed E-state index contributed by atoms with van der Waals surface area (Å²) in [6, 6.07) is 2.79. The first kappa shape index (κ1) is 22.4. The van der Waals surface area contributed by atoms with Crippen molar-refractivity contribution in [1.29, 1.82) is 0 Å². The molecule has 10 nitrogen and oxygen atoms in total. The third-order valence-corrected chi connectivity index (χ3v) is 5.09. The molecule has 1 aliphatic rings. The Labute approximate surface area is 180 Å². The topological polar surface area (TPSA) is 128 Å². The Hall–Kier alpha value is -3.30. The van der Waals surface area contributed by atoms with Crippen LogP contribution in [0.15, 0.2) is 12.1 Å². The lowest BCUT2D eigenvalue weighted by Crippen LogP contribution is -2.46. The summed E-state index contributed by atoms with van der Waals surface area (Å²) in [5.41, 5.74) is 2.22. The Morgan fingerprint density at radius 3 is 2.35 bits per heavy atom. The van der Waals surface area contributed by atoms with E-state index in [9.17, 15) is 14.4 Å². The number of ether oxygens (including phenoxy) is 1. The highest BCUT2D eigenvalue weighted by Crippen LogP contribution is 2.28. The number of rotatable bonds is 7. The second kappa shape index (κ2) is 9.67. The van der Waals surface area contributed by atoms with Gasteiger partial charge >= 0.3 is 5.97 Å². The molecule has 2 aromatic heterocycles. The largest absolute Gasteiger partial charge is 0.454 e. The lowest BCUT2D eigenvalue weighted by atomic mass is 9.98. The molecule has 10 heteroatoms. The summed E-state index contributed by atoms with van der Waals surface area (Å²) in [5, 5.41) is 9.70. The van der Waals surface area contributed by atoms with Gasteiger partial charge in [0.15, 0.2) is 6.61 Å². The van der Waals surface area contributed by atoms with Crippen molar-refractivity contribution >= 4 is 23.6 Å². The third-order valence-electron chi connectivity index (χ3n) is 5.09. The molecule has 0 saturated heterocycles. The van der Waals surface area contributed by atoms with Crippen LogP contribution in [0.25, 0.3) is 5.95 Å². The van der Waals surface area contributed by atoms with E-state index in [2.05, 4.69) is 25.7 Å². The average Bonchev–Trinajstić information content (AvgIpc) is 3.33. The first-order chi connectivity index (χ1) is 14.7. The van der Waals surface area contributed by atoms with Crippen molar-refractivity contribution < 1.29 is 19.1 Å². The highest BCUT2D eigenvalue weighted by molar-refractivity contribution is 5.93. The summed E-state index contributed by atoms with van der Waals surface area (Å²) >= 11 is 0. The van der Waals surface area contributed by atoms with E-state index in [0.717, 1.165) is 37.1 Å². The highest BCUT2D eigenvalue weighted by Gasteiger charge is 2.32. The summed E-state index contributed by atoms with van der Waals surface area (Å²) < 4.78 is 6.65. The molecule has 2 N–H and O–H groups in total. The van der Waals surface area contributed by atoms with E-state index in [-0.39, 0.29) is 11.8 Å². The fourth-order valence-electron chi connectivity index (χ4n) is 3.83. The Balaban J connectivity index is 1.65. The zero-order valence-corrected chi connectivity index (χ0v) is 18.3. The monoisotopic (exact) mass is 428 g/mol. The maximum Gasteiger partial charge on any atom is 0.329 e. The van der Waals surface area contributed by atoms with Crippen LogP contribution in [0.5, 0.6) is 0 Å². The van der Waals surface area contributed by atoms with Gasteiger partial charge in [-0.15, -0.1) is 0 Å². The number of hydrogen-bond acceptors (Lipinski definition) is 7. The Morgan fingerprint density at radius 2 is 1.74 bits per heavy atom. The van der Waals surface area contributed by atoms with Crippen molar-refractivity contribution in [1.82, 2.24) is 25.1 Å². The number of hydrogen-bond donors (Lipinski definition) is 2. The Morgan fingerprint density at radius 1 is 1.10 bits per heavy atom. The average molecular weight is 428 g/mol. The highest BCUT2D eigenvalue weighted by atomic mass is 16.5. The van der Waals surface area contributed by atoms with Crippen LogP contribution < -0.4 is 10.6 Å². The van der Waals surface area contributed by atoms with Gasteiger partial charge in [-0.25, -0.2) is 14.8 Å². The number of carbonyl (C=O) groups is 3. The summed E-state index contributed by atoms with van der Waals surface area (Å²) in [6.45, 7) is 6.37. The van der Waals surface area contributed by atoms with E-state index in [1.54, 1.807) is 13.0 Å². The number of esters is 1. The first-order valence-electron chi connectivity index (χ1n) is 10.4. The van der Waals surface area contributed by atoms with Gasteiger partial charge in [-0.2, -0.15) is 9.78 Å². The van der Waals surface area contributed by atoms with Crippen LogP contribution in [0, 0.1) is 26.7 Å². The second-order valence-electron chi connectivity index (χ2n) is 7.91. The number of amides is 2. The van der Waals surface area contributed by atoms with Crippen LogP contribution in [0.4, 0.5) is 5.82 Å². The number of nitrogens with one attached hydrogen (secondary N) is 2. The van der Waals surface area contributed by atoms with Gasteiger partial charge in [-0.1, -0.05) is 12.8 Å². The lowest BCUT2D eigenvalue weighted by molar-refractivity contribution is -0.152. The first-order valence-corrected chi connectivity index (χ1v) is 10.4. The molecule has 0 aliphatic heterocycles. The minimum absolute atomic E-state index is 0.0326. The maximum atomic E-state index is 12.5. The quantitative estimate of drug-likeness (QED) is 0.643. The molecule has 166 valence electrons. The predicted molar refractivity (Wildman–Crippen MR) is 113 cm³/mol. The molecule has 1 unspecified atom stereocenters. The third kappa shape index (κ3) is 5.87. The molecule has 1 fully saturated rings. The van der Waals surface area contributed by atoms with Crippen molar-refractivity contribution in [3.8, 4) is 5.95 Å². The zero-order valence-electron chi connectivity index (χ0n) is 18.3. The number of nitrogens with zero attached hydrogens (tertiary/aromatic N) is 4. The summed E-state index contributed by atoms with van der Waals surface area (Å²) in [5.74, 6) is -0.676. The smallest absolute Gasteiger partial charge is 0.329 e. The zero-order chi connectivity index (χ0) is 22.5. The molecule has 31 heavy (non-hydrogen) atoms. The molecule has 0 spiro atoms. The minimum Gasteiger partial charge on any atom is -0.454 e. The normalized spacial score (nSPS) is 14.8. The van der Waals surface area contributed by atoms with E-state index in [1.807, 2.05) is 19.9 Å². The van der Waals surface area contributed by atoms with E-state index in [0.29, 0.717) is 17.5 Å². The van der Waals surface area contributed by atoms with Gasteiger partial charge in [0.2, 0.25) is 5.91 Å². The van der Waals surface area contributed by atoms with Gasteiger partial charge in [0, 0.05) is 24.4 Å². The Kier molecular flexibility index (Phi) is 6.98. The van der Waals surface area contributed by atoms with Gasteiger partial charge in [-0.05, 0) is 45.6 Å². The van der Waals surface area contributed by atoms with Crippen LogP contribution in [-0.2, 0) is 19.1 Å². The standard InChI is InChI=1S/C21H28N6O4/c1-12-9-13(2)23-21(22-12)27-17(10-14(3)26-27)25-18(29)11-31-20(30)19(24-15(4)28)16-7-5-6-8-16/h9-10,16,19H,5-8,11H2,1-4H3,(H,24,28)(H,25,29). The van der Waals surface area contributed by atoms with Crippen LogP contribution in [0.3, 0.4) is 0 Å². The van der Waals surface area contributed by atoms with E-state index < -0.39 is 24.5 Å². The van der Waals surface area contributed by atoms with Crippen molar-refractivity contribution in [2.24, 2.45) is 5.92 Å². The van der Waals surface area contributed by atoms with E-state index >= 15 is 0 Å². The van der Waals surface area contributed by atoms with Gasteiger partial charge in [0.25, 0.3) is 11.9 Å². The van der Waals surface area contributed by atoms with Crippen LogP contribution >= 0.6 is 0 Å². The fourth-order valence-corrected chi connectivity index (χ4v) is 3.83. The molecular formula is C21H28N6O4. The molecule has 1 saturated carbocycles. The fraction of sp³-hybridized carbons (Fsp3) is 0.524. The molecule has 1 aliphatic carbocycles. The SMILES string of the molecule is CC(=O)NC(C(=O)OCC(=O)Nc1cc(C)nn1-c1nc(C)cc(C)n1)C1CCCC1. The summed E-state index contributed by atoms with van der Waals surface area (Å²) in [4.78, 5) is 45.2. The molecule has 0 aromatic carbocycles. The molecular weight excluding hydrogens is 400 g/mol. The van der Waals surface area contributed by atoms with E-state index in [4.69, 9.17) is 4.74 Å². The van der Waals surface area contributed by atoms with Gasteiger partial charge in [0.05, 0.1) is 5.69 Å². The number of aromatic nitrogens is 4. The molecule has 0 radical (unpaired) electrons. The maximum absolute atomic E-state index is 12.5. The van der Waals surface area contributed by atoms with Crippen LogP contribution in [0.2, 0.25) is 0 Å². The Bertz CT molecular complexity index is 960. The van der Waals surface area contributed by atoms with Crippen molar-refractivity contribution in [2.45, 2.75) is 59.4 Å². The van der Waals surface area contributed by atoms with Crippen molar-refractivity contribution in [3.63, 3.8) is 0 Å². The summed E-state index contributed by atoms with van der Waals surface area (Å²) in [7, 11) is 0.